The van der Waals surface area contributed by atoms with Gasteiger partial charge in [-0.25, -0.2) is 0 Å². The Hall–Kier alpha value is -2.10. The van der Waals surface area contributed by atoms with Gasteiger partial charge in [0.1, 0.15) is 5.78 Å². The van der Waals surface area contributed by atoms with Gasteiger partial charge in [-0.3, -0.25) is 9.48 Å². The molecule has 1 heterocycles. The van der Waals surface area contributed by atoms with Gasteiger partial charge < -0.3 is 5.73 Å². The minimum absolute atomic E-state index is 0.225. The molecule has 106 valence electrons. The molecule has 0 saturated heterocycles. The van der Waals surface area contributed by atoms with E-state index in [1.54, 1.807) is 6.20 Å². The molecule has 1 aromatic carbocycles. The summed E-state index contributed by atoms with van der Waals surface area (Å²) in [6.07, 6.45) is 2.98. The highest BCUT2D eigenvalue weighted by Gasteiger charge is 2.29. The van der Waals surface area contributed by atoms with Crippen molar-refractivity contribution in [1.29, 1.82) is 0 Å². The Morgan fingerprint density at radius 2 is 1.90 bits per heavy atom. The average molecular weight is 271 g/mol. The van der Waals surface area contributed by atoms with Crippen LogP contribution < -0.4 is 5.73 Å². The predicted octanol–water partition coefficient (Wildman–Crippen LogP) is 2.48. The molecule has 0 aliphatic rings. The van der Waals surface area contributed by atoms with E-state index in [4.69, 9.17) is 5.73 Å². The molecule has 2 N–H and O–H groups in total. The van der Waals surface area contributed by atoms with E-state index in [9.17, 15) is 4.79 Å². The lowest BCUT2D eigenvalue weighted by Crippen LogP contribution is -2.29. The lowest BCUT2D eigenvalue weighted by atomic mass is 9.79. The number of nitrogen functional groups attached to an aromatic ring is 1. The summed E-state index contributed by atoms with van der Waals surface area (Å²) in [5.41, 5.74) is 7.99. The number of nitrogens with two attached hydrogens (primary N) is 1. The van der Waals surface area contributed by atoms with Crippen molar-refractivity contribution in [3.8, 4) is 0 Å². The second-order valence-electron chi connectivity index (χ2n) is 5.62. The van der Waals surface area contributed by atoms with Crippen molar-refractivity contribution in [3.63, 3.8) is 0 Å². The Morgan fingerprint density at radius 3 is 2.45 bits per heavy atom. The second kappa shape index (κ2) is 5.49. The Morgan fingerprint density at radius 1 is 1.25 bits per heavy atom. The number of ketones is 1. The smallest absolute Gasteiger partial charge is 0.143 e. The van der Waals surface area contributed by atoms with Gasteiger partial charge in [0, 0.05) is 36.5 Å². The summed E-state index contributed by atoms with van der Waals surface area (Å²) in [5.74, 6) is 0.225. The van der Waals surface area contributed by atoms with Crippen LogP contribution in [0.1, 0.15) is 31.5 Å². The van der Waals surface area contributed by atoms with Crippen LogP contribution in [0, 0.1) is 0 Å². The van der Waals surface area contributed by atoms with Crippen LogP contribution in [-0.4, -0.2) is 15.6 Å². The molecule has 0 fully saturated rings. The first kappa shape index (κ1) is 14.3. The van der Waals surface area contributed by atoms with E-state index in [1.165, 1.54) is 0 Å². The van der Waals surface area contributed by atoms with Crippen LogP contribution in [0.2, 0.25) is 0 Å². The molecule has 1 aromatic heterocycles. The maximum absolute atomic E-state index is 12.5. The van der Waals surface area contributed by atoms with Gasteiger partial charge in [0.05, 0.1) is 0 Å². The molecule has 0 saturated carbocycles. The molecule has 0 unspecified atom stereocenters. The number of carbonyl (C=O) groups is 1. The Labute approximate surface area is 119 Å². The van der Waals surface area contributed by atoms with Crippen LogP contribution in [-0.2, 0) is 23.7 Å². The van der Waals surface area contributed by atoms with Gasteiger partial charge in [-0.2, -0.15) is 5.10 Å². The van der Waals surface area contributed by atoms with E-state index in [0.29, 0.717) is 18.5 Å². The zero-order chi connectivity index (χ0) is 14.8. The monoisotopic (exact) mass is 271 g/mol. The van der Waals surface area contributed by atoms with E-state index in [2.05, 4.69) is 5.10 Å². The van der Waals surface area contributed by atoms with Gasteiger partial charge >= 0.3 is 0 Å². The van der Waals surface area contributed by atoms with Gasteiger partial charge in [0.2, 0.25) is 0 Å². The number of aromatic nitrogens is 2. The third-order valence-electron chi connectivity index (χ3n) is 3.86. The van der Waals surface area contributed by atoms with Crippen molar-refractivity contribution in [2.24, 2.45) is 7.05 Å². The third kappa shape index (κ3) is 2.90. The maximum atomic E-state index is 12.5. The molecule has 0 bridgehead atoms. The lowest BCUT2D eigenvalue weighted by Gasteiger charge is -2.24. The Bertz CT molecular complexity index is 596. The van der Waals surface area contributed by atoms with Crippen LogP contribution in [0.15, 0.2) is 36.5 Å². The van der Waals surface area contributed by atoms with E-state index >= 15 is 0 Å². The number of aryl methyl sites for hydroxylation is 2. The van der Waals surface area contributed by atoms with Gasteiger partial charge in [0.15, 0.2) is 0 Å². The number of nitrogens with zero attached hydrogens (tertiary/aromatic N) is 2. The van der Waals surface area contributed by atoms with Gasteiger partial charge in [-0.05, 0) is 44.0 Å². The fourth-order valence-corrected chi connectivity index (χ4v) is 2.26. The molecule has 2 aromatic rings. The number of anilines is 1. The number of Topliss-reactive ketones (excluding diaryl/α,β-unsaturated/α-hetero) is 1. The first-order valence-corrected chi connectivity index (χ1v) is 6.77. The van der Waals surface area contributed by atoms with Gasteiger partial charge in [-0.1, -0.05) is 12.1 Å². The van der Waals surface area contributed by atoms with Crippen LogP contribution in [0.4, 0.5) is 5.69 Å². The first-order chi connectivity index (χ1) is 9.41. The molecule has 20 heavy (non-hydrogen) atoms. The summed E-state index contributed by atoms with van der Waals surface area (Å²) < 4.78 is 1.81. The molecule has 0 aliphatic heterocycles. The first-order valence-electron chi connectivity index (χ1n) is 6.77. The molecular weight excluding hydrogens is 250 g/mol. The fourth-order valence-electron chi connectivity index (χ4n) is 2.26. The topological polar surface area (TPSA) is 60.9 Å². The number of hydrogen-bond donors (Lipinski definition) is 1. The van der Waals surface area contributed by atoms with Crippen LogP contribution in [0.25, 0.3) is 0 Å². The fraction of sp³-hybridized carbons (Fsp3) is 0.375. The van der Waals surface area contributed by atoms with Crippen LogP contribution in [0.3, 0.4) is 0 Å². The number of benzene rings is 1. The minimum Gasteiger partial charge on any atom is -0.399 e. The standard InChI is InChI=1S/C16H21N3O/c1-16(2,12-4-6-13(17)7-5-12)15(20)9-8-14-10-11-18-19(14)3/h4-7,10-11H,8-9,17H2,1-3H3. The summed E-state index contributed by atoms with van der Waals surface area (Å²) in [5, 5.41) is 4.12. The zero-order valence-corrected chi connectivity index (χ0v) is 12.3. The second-order valence-corrected chi connectivity index (χ2v) is 5.62. The van der Waals surface area contributed by atoms with E-state index < -0.39 is 5.41 Å². The predicted molar refractivity (Wildman–Crippen MR) is 80.4 cm³/mol. The summed E-state index contributed by atoms with van der Waals surface area (Å²) >= 11 is 0. The Kier molecular flexibility index (Phi) is 3.93. The molecule has 4 nitrogen and oxygen atoms in total. The van der Waals surface area contributed by atoms with E-state index in [0.717, 1.165) is 11.3 Å². The lowest BCUT2D eigenvalue weighted by molar-refractivity contribution is -0.123. The van der Waals surface area contributed by atoms with Gasteiger partial charge in [-0.15, -0.1) is 0 Å². The molecule has 0 amide bonds. The van der Waals surface area contributed by atoms with Crippen LogP contribution >= 0.6 is 0 Å². The summed E-state index contributed by atoms with van der Waals surface area (Å²) in [6.45, 7) is 3.92. The number of carbonyl (C=O) groups excluding carboxylic acids is 1. The highest BCUT2D eigenvalue weighted by atomic mass is 16.1. The average Bonchev–Trinajstić information content (AvgIpc) is 2.82. The number of hydrogen-bond acceptors (Lipinski definition) is 3. The van der Waals surface area contributed by atoms with Crippen molar-refractivity contribution in [1.82, 2.24) is 9.78 Å². The largest absolute Gasteiger partial charge is 0.399 e. The molecule has 0 aliphatic carbocycles. The quantitative estimate of drug-likeness (QED) is 0.850. The highest BCUT2D eigenvalue weighted by molar-refractivity contribution is 5.89. The Balaban J connectivity index is 2.07. The van der Waals surface area contributed by atoms with Crippen molar-refractivity contribution in [2.75, 3.05) is 5.73 Å². The number of rotatable bonds is 5. The van der Waals surface area contributed by atoms with Crippen molar-refractivity contribution in [3.05, 3.63) is 47.8 Å². The minimum atomic E-state index is -0.494. The zero-order valence-electron chi connectivity index (χ0n) is 12.3. The van der Waals surface area contributed by atoms with Crippen molar-refractivity contribution >= 4 is 11.5 Å². The molecule has 0 atom stereocenters. The van der Waals surface area contributed by atoms with Crippen molar-refractivity contribution in [2.45, 2.75) is 32.1 Å². The highest BCUT2D eigenvalue weighted by Crippen LogP contribution is 2.26. The third-order valence-corrected chi connectivity index (χ3v) is 3.86. The van der Waals surface area contributed by atoms with Crippen molar-refractivity contribution < 1.29 is 4.79 Å². The summed E-state index contributed by atoms with van der Waals surface area (Å²) in [6, 6.07) is 9.48. The SMILES string of the molecule is Cn1nccc1CCC(=O)C(C)(C)c1ccc(N)cc1. The molecule has 0 radical (unpaired) electrons. The summed E-state index contributed by atoms with van der Waals surface area (Å²) in [4.78, 5) is 12.5. The van der Waals surface area contributed by atoms with E-state index in [1.807, 2.05) is 55.9 Å². The van der Waals surface area contributed by atoms with Crippen LogP contribution in [0.5, 0.6) is 0 Å². The molecular formula is C16H21N3O. The maximum Gasteiger partial charge on any atom is 0.143 e. The molecule has 4 heteroatoms. The normalized spacial score (nSPS) is 11.6. The van der Waals surface area contributed by atoms with Gasteiger partial charge in [0.25, 0.3) is 0 Å². The molecule has 0 spiro atoms. The molecule has 2 rings (SSSR count). The summed E-state index contributed by atoms with van der Waals surface area (Å²) in [7, 11) is 1.89. The van der Waals surface area contributed by atoms with E-state index in [-0.39, 0.29) is 5.78 Å².